The molecule has 6 heteroatoms. The summed E-state index contributed by atoms with van der Waals surface area (Å²) in [4.78, 5) is 26.5. The molecule has 3 rings (SSSR count). The number of hydrogen-bond donors (Lipinski definition) is 0. The highest BCUT2D eigenvalue weighted by Gasteiger charge is 2.33. The van der Waals surface area contributed by atoms with E-state index in [1.54, 1.807) is 43.0 Å². The Hall–Kier alpha value is -2.53. The van der Waals surface area contributed by atoms with Crippen molar-refractivity contribution in [2.24, 2.45) is 0 Å². The average molecular weight is 388 g/mol. The van der Waals surface area contributed by atoms with E-state index in [0.29, 0.717) is 23.9 Å². The maximum absolute atomic E-state index is 12.4. The van der Waals surface area contributed by atoms with Gasteiger partial charge in [0.25, 0.3) is 5.91 Å². The molecule has 0 unspecified atom stereocenters. The molecular formula is C21H22ClNO4. The third-order valence-corrected chi connectivity index (χ3v) is 4.74. The average Bonchev–Trinajstić information content (AvgIpc) is 2.67. The molecule has 0 saturated carbocycles. The van der Waals surface area contributed by atoms with Crippen LogP contribution >= 0.6 is 11.6 Å². The molecule has 1 aliphatic heterocycles. The Morgan fingerprint density at radius 1 is 1.07 bits per heavy atom. The van der Waals surface area contributed by atoms with Gasteiger partial charge in [0.2, 0.25) is 0 Å². The summed E-state index contributed by atoms with van der Waals surface area (Å²) in [5, 5.41) is 0.580. The van der Waals surface area contributed by atoms with Crippen LogP contribution in [-0.4, -0.2) is 35.5 Å². The lowest BCUT2D eigenvalue weighted by Crippen LogP contribution is -2.43. The van der Waals surface area contributed by atoms with Crippen LogP contribution in [0.4, 0.5) is 0 Å². The molecule has 0 bridgehead atoms. The SMILES string of the molecule is CC(C)(Oc1ccc(Cl)cc1)C(=O)OCC(=O)N1CCc2ccccc2C1. The van der Waals surface area contributed by atoms with E-state index < -0.39 is 11.6 Å². The number of nitrogens with zero attached hydrogens (tertiary/aromatic N) is 1. The molecule has 0 atom stereocenters. The van der Waals surface area contributed by atoms with Crippen molar-refractivity contribution in [2.45, 2.75) is 32.4 Å². The van der Waals surface area contributed by atoms with Crippen molar-refractivity contribution < 1.29 is 19.1 Å². The molecule has 0 aromatic heterocycles. The largest absolute Gasteiger partial charge is 0.476 e. The maximum atomic E-state index is 12.4. The molecule has 2 aromatic carbocycles. The van der Waals surface area contributed by atoms with Gasteiger partial charge in [0.15, 0.2) is 12.2 Å². The summed E-state index contributed by atoms with van der Waals surface area (Å²) in [6.45, 7) is 4.07. The van der Waals surface area contributed by atoms with Gasteiger partial charge in [-0.05, 0) is 55.7 Å². The number of ether oxygens (including phenoxy) is 2. The highest BCUT2D eigenvalue weighted by molar-refractivity contribution is 6.30. The highest BCUT2D eigenvalue weighted by Crippen LogP contribution is 2.22. The summed E-state index contributed by atoms with van der Waals surface area (Å²) in [6.07, 6.45) is 0.807. The number of carbonyl (C=O) groups excluding carboxylic acids is 2. The van der Waals surface area contributed by atoms with Crippen molar-refractivity contribution >= 4 is 23.5 Å². The van der Waals surface area contributed by atoms with E-state index >= 15 is 0 Å². The predicted molar refractivity (Wildman–Crippen MR) is 103 cm³/mol. The number of esters is 1. The van der Waals surface area contributed by atoms with Gasteiger partial charge in [0, 0.05) is 18.1 Å². The summed E-state index contributed by atoms with van der Waals surface area (Å²) in [5.74, 6) is -0.302. The fourth-order valence-corrected chi connectivity index (χ4v) is 3.07. The normalized spacial score (nSPS) is 13.7. The molecule has 0 spiro atoms. The van der Waals surface area contributed by atoms with E-state index in [1.165, 1.54) is 5.56 Å². The fraction of sp³-hybridized carbons (Fsp3) is 0.333. The molecule has 0 radical (unpaired) electrons. The summed E-state index contributed by atoms with van der Waals surface area (Å²) in [6, 6.07) is 14.8. The Morgan fingerprint density at radius 2 is 1.74 bits per heavy atom. The van der Waals surface area contributed by atoms with E-state index in [4.69, 9.17) is 21.1 Å². The van der Waals surface area contributed by atoms with Crippen molar-refractivity contribution in [3.05, 3.63) is 64.7 Å². The fourth-order valence-electron chi connectivity index (χ4n) is 2.94. The molecule has 142 valence electrons. The third-order valence-electron chi connectivity index (χ3n) is 4.49. The molecule has 27 heavy (non-hydrogen) atoms. The van der Waals surface area contributed by atoms with Crippen LogP contribution in [0.1, 0.15) is 25.0 Å². The van der Waals surface area contributed by atoms with Gasteiger partial charge in [0.1, 0.15) is 5.75 Å². The molecule has 0 fully saturated rings. The summed E-state index contributed by atoms with van der Waals surface area (Å²) in [7, 11) is 0. The second-order valence-corrected chi connectivity index (χ2v) is 7.41. The van der Waals surface area contributed by atoms with Crippen LogP contribution < -0.4 is 4.74 Å². The van der Waals surface area contributed by atoms with Crippen LogP contribution in [0.2, 0.25) is 5.02 Å². The number of rotatable bonds is 5. The van der Waals surface area contributed by atoms with Crippen LogP contribution in [0.3, 0.4) is 0 Å². The van der Waals surface area contributed by atoms with Crippen LogP contribution in [0.25, 0.3) is 0 Å². The van der Waals surface area contributed by atoms with Gasteiger partial charge in [-0.15, -0.1) is 0 Å². The molecule has 5 nitrogen and oxygen atoms in total. The number of fused-ring (bicyclic) bond motifs is 1. The first-order valence-electron chi connectivity index (χ1n) is 8.81. The van der Waals surface area contributed by atoms with Gasteiger partial charge in [-0.1, -0.05) is 35.9 Å². The van der Waals surface area contributed by atoms with E-state index in [-0.39, 0.29) is 12.5 Å². The van der Waals surface area contributed by atoms with Gasteiger partial charge >= 0.3 is 5.97 Å². The van der Waals surface area contributed by atoms with Gasteiger partial charge in [0.05, 0.1) is 0 Å². The zero-order chi connectivity index (χ0) is 19.4. The summed E-state index contributed by atoms with van der Waals surface area (Å²) >= 11 is 5.85. The van der Waals surface area contributed by atoms with Gasteiger partial charge in [-0.25, -0.2) is 4.79 Å². The maximum Gasteiger partial charge on any atom is 0.350 e. The Balaban J connectivity index is 1.53. The van der Waals surface area contributed by atoms with Crippen molar-refractivity contribution in [1.29, 1.82) is 0 Å². The van der Waals surface area contributed by atoms with Crippen LogP contribution in [0.5, 0.6) is 5.75 Å². The summed E-state index contributed by atoms with van der Waals surface area (Å²) in [5.41, 5.74) is 1.17. The molecule has 0 saturated heterocycles. The van der Waals surface area contributed by atoms with Crippen LogP contribution in [0.15, 0.2) is 48.5 Å². The lowest BCUT2D eigenvalue weighted by atomic mass is 10.00. The Morgan fingerprint density at radius 3 is 2.44 bits per heavy atom. The number of carbonyl (C=O) groups is 2. The Labute approximate surface area is 163 Å². The molecule has 2 aromatic rings. The van der Waals surface area contributed by atoms with E-state index in [0.717, 1.165) is 12.0 Å². The molecule has 0 N–H and O–H groups in total. The smallest absolute Gasteiger partial charge is 0.350 e. The quantitative estimate of drug-likeness (QED) is 0.735. The van der Waals surface area contributed by atoms with E-state index in [2.05, 4.69) is 6.07 Å². The van der Waals surface area contributed by atoms with Crippen LogP contribution in [0, 0.1) is 0 Å². The minimum atomic E-state index is -1.22. The number of amides is 1. The molecule has 0 aliphatic carbocycles. The zero-order valence-electron chi connectivity index (χ0n) is 15.4. The van der Waals surface area contributed by atoms with Gasteiger partial charge in [-0.3, -0.25) is 4.79 Å². The van der Waals surface area contributed by atoms with Crippen molar-refractivity contribution in [1.82, 2.24) is 4.90 Å². The van der Waals surface area contributed by atoms with Crippen molar-refractivity contribution in [3.8, 4) is 5.75 Å². The minimum Gasteiger partial charge on any atom is -0.476 e. The van der Waals surface area contributed by atoms with Gasteiger partial charge < -0.3 is 14.4 Å². The van der Waals surface area contributed by atoms with E-state index in [9.17, 15) is 9.59 Å². The Bertz CT molecular complexity index is 832. The highest BCUT2D eigenvalue weighted by atomic mass is 35.5. The lowest BCUT2D eigenvalue weighted by Gasteiger charge is -2.29. The monoisotopic (exact) mass is 387 g/mol. The van der Waals surface area contributed by atoms with Crippen LogP contribution in [-0.2, 0) is 27.3 Å². The minimum absolute atomic E-state index is 0.208. The van der Waals surface area contributed by atoms with Crippen molar-refractivity contribution in [2.75, 3.05) is 13.2 Å². The van der Waals surface area contributed by atoms with Crippen molar-refractivity contribution in [3.63, 3.8) is 0 Å². The first-order chi connectivity index (χ1) is 12.8. The molecule has 1 aliphatic rings. The molecule has 1 amide bonds. The summed E-state index contributed by atoms with van der Waals surface area (Å²) < 4.78 is 10.9. The lowest BCUT2D eigenvalue weighted by molar-refractivity contribution is -0.164. The second-order valence-electron chi connectivity index (χ2n) is 6.98. The number of hydrogen-bond acceptors (Lipinski definition) is 4. The number of benzene rings is 2. The topological polar surface area (TPSA) is 55.8 Å². The second kappa shape index (κ2) is 8.01. The predicted octanol–water partition coefficient (Wildman–Crippen LogP) is 3.63. The van der Waals surface area contributed by atoms with E-state index in [1.807, 2.05) is 18.2 Å². The standard InChI is InChI=1S/C21H22ClNO4/c1-21(2,27-18-9-7-17(22)8-10-18)20(25)26-14-19(24)23-12-11-15-5-3-4-6-16(15)13-23/h3-10H,11-14H2,1-2H3. The first-order valence-corrected chi connectivity index (χ1v) is 9.19. The number of halogens is 1. The van der Waals surface area contributed by atoms with Gasteiger partial charge in [-0.2, -0.15) is 0 Å². The molecule has 1 heterocycles. The Kier molecular flexibility index (Phi) is 5.71. The first kappa shape index (κ1) is 19.2. The third kappa shape index (κ3) is 4.80. The molecular weight excluding hydrogens is 366 g/mol. The zero-order valence-corrected chi connectivity index (χ0v) is 16.2.